The van der Waals surface area contributed by atoms with E-state index in [9.17, 15) is 30.0 Å². The largest absolute Gasteiger partial charge is 0.343 e. The van der Waals surface area contributed by atoms with Gasteiger partial charge in [-0.1, -0.05) is 23.8 Å². The average molecular weight is 449 g/mol. The molecule has 152 valence electrons. The molecule has 0 heterocycles. The maximum atomic E-state index is 12.2. The monoisotopic (exact) mass is 448 g/mol. The summed E-state index contributed by atoms with van der Waals surface area (Å²) in [6.07, 6.45) is 0. The van der Waals surface area contributed by atoms with Crippen molar-refractivity contribution in [1.29, 1.82) is 0 Å². The highest BCUT2D eigenvalue weighted by atomic mass is 32.2. The van der Waals surface area contributed by atoms with E-state index in [1.165, 1.54) is 24.3 Å². The number of hydrogen-bond acceptors (Lipinski definition) is 7. The Bertz CT molecular complexity index is 1210. The number of carbonyl (C=O) groups is 1. The fourth-order valence-electron chi connectivity index (χ4n) is 1.91. The second kappa shape index (κ2) is 7.84. The number of hydrazine groups is 1. The molecular formula is C14H16N4O7S3. The van der Waals surface area contributed by atoms with Gasteiger partial charge >= 0.3 is 6.03 Å². The topological polar surface area (TPSA) is 182 Å². The highest BCUT2D eigenvalue weighted by Gasteiger charge is 2.21. The van der Waals surface area contributed by atoms with Gasteiger partial charge in [0.25, 0.3) is 20.0 Å². The van der Waals surface area contributed by atoms with E-state index in [2.05, 4.69) is 0 Å². The molecule has 0 saturated carbocycles. The van der Waals surface area contributed by atoms with Crippen molar-refractivity contribution in [2.75, 3.05) is 0 Å². The number of urea groups is 1. The van der Waals surface area contributed by atoms with Crippen molar-refractivity contribution in [2.45, 2.75) is 21.6 Å². The summed E-state index contributed by atoms with van der Waals surface area (Å²) in [7, 11) is -12.8. The molecule has 0 aliphatic heterocycles. The second-order valence-electron chi connectivity index (χ2n) is 5.50. The van der Waals surface area contributed by atoms with Crippen LogP contribution in [0.2, 0.25) is 0 Å². The first-order valence-corrected chi connectivity index (χ1v) is 11.9. The molecular weight excluding hydrogens is 432 g/mol. The van der Waals surface area contributed by atoms with Gasteiger partial charge < -0.3 is 0 Å². The zero-order valence-corrected chi connectivity index (χ0v) is 16.7. The molecule has 5 N–H and O–H groups in total. The smallest absolute Gasteiger partial charge is 0.258 e. The maximum absolute atomic E-state index is 12.2. The number of nitrogens with two attached hydrogens (primary N) is 1. The summed E-state index contributed by atoms with van der Waals surface area (Å²) in [4.78, 5) is 12.2. The van der Waals surface area contributed by atoms with Crippen molar-refractivity contribution in [3.63, 3.8) is 0 Å². The van der Waals surface area contributed by atoms with E-state index >= 15 is 0 Å². The minimum atomic E-state index is -4.40. The van der Waals surface area contributed by atoms with Crippen LogP contribution in [0.15, 0.2) is 63.2 Å². The van der Waals surface area contributed by atoms with Gasteiger partial charge in [0.15, 0.2) is 0 Å². The van der Waals surface area contributed by atoms with Crippen LogP contribution in [-0.2, 0) is 30.1 Å². The van der Waals surface area contributed by atoms with E-state index in [0.717, 1.165) is 29.8 Å². The van der Waals surface area contributed by atoms with Crippen LogP contribution in [0.1, 0.15) is 5.56 Å². The molecule has 0 radical (unpaired) electrons. The number of sulfonamides is 3. The molecule has 0 fully saturated rings. The zero-order chi connectivity index (χ0) is 21.2. The predicted molar refractivity (Wildman–Crippen MR) is 98.2 cm³/mol. The number of aryl methyl sites for hydroxylation is 1. The van der Waals surface area contributed by atoms with Crippen LogP contribution in [0, 0.1) is 6.92 Å². The molecule has 0 saturated heterocycles. The molecule has 0 aliphatic carbocycles. The first-order valence-electron chi connectivity index (χ1n) is 7.35. The maximum Gasteiger partial charge on any atom is 0.343 e. The van der Waals surface area contributed by atoms with Gasteiger partial charge in [0, 0.05) is 0 Å². The summed E-state index contributed by atoms with van der Waals surface area (Å²) in [5.74, 6) is 0. The highest BCUT2D eigenvalue weighted by molar-refractivity contribution is 7.90. The molecule has 2 aromatic rings. The lowest BCUT2D eigenvalue weighted by molar-refractivity contribution is 0.244. The van der Waals surface area contributed by atoms with Crippen LogP contribution in [0.4, 0.5) is 4.79 Å². The van der Waals surface area contributed by atoms with E-state index in [4.69, 9.17) is 5.14 Å². The van der Waals surface area contributed by atoms with Crippen molar-refractivity contribution >= 4 is 36.1 Å². The van der Waals surface area contributed by atoms with E-state index in [-0.39, 0.29) is 4.90 Å². The van der Waals surface area contributed by atoms with Crippen LogP contribution < -0.4 is 20.1 Å². The van der Waals surface area contributed by atoms with Gasteiger partial charge in [-0.3, -0.25) is 5.43 Å². The van der Waals surface area contributed by atoms with Crippen molar-refractivity contribution in [1.82, 2.24) is 15.0 Å². The van der Waals surface area contributed by atoms with E-state index in [1.807, 2.05) is 0 Å². The Kier molecular flexibility index (Phi) is 6.10. The van der Waals surface area contributed by atoms with E-state index in [0.29, 0.717) is 0 Å². The molecule has 2 rings (SSSR count). The molecule has 0 atom stereocenters. The lowest BCUT2D eigenvalue weighted by atomic mass is 10.2. The number of hydrogen-bond donors (Lipinski definition) is 4. The Balaban J connectivity index is 2.10. The van der Waals surface area contributed by atoms with Gasteiger partial charge in [0.2, 0.25) is 10.0 Å². The molecule has 0 aliphatic rings. The normalized spacial score (nSPS) is 12.4. The summed E-state index contributed by atoms with van der Waals surface area (Å²) < 4.78 is 72.7. The summed E-state index contributed by atoms with van der Waals surface area (Å²) in [5.41, 5.74) is 2.47. The molecule has 0 unspecified atom stereocenters. The fourth-order valence-corrected chi connectivity index (χ4v) is 4.34. The Morgan fingerprint density at radius 2 is 1.39 bits per heavy atom. The van der Waals surface area contributed by atoms with Crippen molar-refractivity contribution in [3.8, 4) is 0 Å². The molecule has 28 heavy (non-hydrogen) atoms. The zero-order valence-electron chi connectivity index (χ0n) is 14.3. The van der Waals surface area contributed by atoms with Crippen LogP contribution in [0.3, 0.4) is 0 Å². The van der Waals surface area contributed by atoms with Gasteiger partial charge in [-0.2, -0.15) is 0 Å². The number of nitrogens with one attached hydrogen (secondary N) is 3. The predicted octanol–water partition coefficient (Wildman–Crippen LogP) is -0.476. The van der Waals surface area contributed by atoms with Crippen LogP contribution in [0.25, 0.3) is 0 Å². The first-order chi connectivity index (χ1) is 12.8. The minimum Gasteiger partial charge on any atom is -0.258 e. The number of primary sulfonamides is 1. The molecule has 0 aromatic heterocycles. The molecule has 11 nitrogen and oxygen atoms in total. The van der Waals surface area contributed by atoms with E-state index < -0.39 is 45.9 Å². The highest BCUT2D eigenvalue weighted by Crippen LogP contribution is 2.14. The number of carbonyl (C=O) groups excluding carboxylic acids is 1. The summed E-state index contributed by atoms with van der Waals surface area (Å²) in [5, 5.41) is 4.94. The van der Waals surface area contributed by atoms with Gasteiger partial charge in [0.05, 0.1) is 14.7 Å². The SMILES string of the molecule is Cc1ccc(S(=O)(=O)NC(=O)NNS(=O)(=O)c2cccc(S(N)(=O)=O)c2)cc1. The molecule has 0 spiro atoms. The molecule has 14 heteroatoms. The molecule has 2 aromatic carbocycles. The number of rotatable bonds is 6. The summed E-state index contributed by atoms with van der Waals surface area (Å²) >= 11 is 0. The standard InChI is InChI=1S/C14H16N4O7S3/c1-10-5-7-11(8-6-10)27(22,23)17-14(19)16-18-28(24,25)13-4-2-3-12(9-13)26(15,20)21/h2-9,18H,1H3,(H2,15,20,21)(H2,16,17,19). The Labute approximate surface area is 162 Å². The Morgan fingerprint density at radius 1 is 0.821 bits per heavy atom. The number of amides is 2. The van der Waals surface area contributed by atoms with E-state index in [1.54, 1.807) is 21.9 Å². The van der Waals surface area contributed by atoms with Crippen LogP contribution in [-0.4, -0.2) is 31.3 Å². The number of benzene rings is 2. The third-order valence-corrected chi connectivity index (χ3v) is 6.80. The molecule has 0 bridgehead atoms. The third-order valence-electron chi connectivity index (χ3n) is 3.30. The summed E-state index contributed by atoms with van der Waals surface area (Å²) in [6, 6.07) is 8.27. The Morgan fingerprint density at radius 3 is 1.96 bits per heavy atom. The van der Waals surface area contributed by atoms with Crippen molar-refractivity contribution in [2.24, 2.45) is 5.14 Å². The summed E-state index contributed by atoms with van der Waals surface area (Å²) in [6.45, 7) is 1.75. The van der Waals surface area contributed by atoms with Gasteiger partial charge in [-0.25, -0.2) is 39.9 Å². The second-order valence-corrected chi connectivity index (χ2v) is 10.4. The van der Waals surface area contributed by atoms with Crippen LogP contribution in [0.5, 0.6) is 0 Å². The first kappa shape index (κ1) is 21.8. The Hall–Kier alpha value is -2.52. The lowest BCUT2D eigenvalue weighted by Gasteiger charge is -2.11. The van der Waals surface area contributed by atoms with Gasteiger partial charge in [-0.05, 0) is 37.3 Å². The van der Waals surface area contributed by atoms with Gasteiger partial charge in [-0.15, -0.1) is 4.83 Å². The molecule has 2 amide bonds. The van der Waals surface area contributed by atoms with Crippen LogP contribution >= 0.6 is 0 Å². The fraction of sp³-hybridized carbons (Fsp3) is 0.0714. The third kappa shape index (κ3) is 5.49. The average Bonchev–Trinajstić information content (AvgIpc) is 2.59. The van der Waals surface area contributed by atoms with Gasteiger partial charge in [0.1, 0.15) is 0 Å². The van der Waals surface area contributed by atoms with Crippen molar-refractivity contribution < 1.29 is 30.0 Å². The minimum absolute atomic E-state index is 0.197. The quantitative estimate of drug-likeness (QED) is 0.430. The lowest BCUT2D eigenvalue weighted by Crippen LogP contribution is -2.48. The van der Waals surface area contributed by atoms with Crippen molar-refractivity contribution in [3.05, 3.63) is 54.1 Å².